The minimum atomic E-state index is 0.833. The van der Waals surface area contributed by atoms with Gasteiger partial charge in [-0.05, 0) is 56.5 Å². The van der Waals surface area contributed by atoms with E-state index in [1.165, 1.54) is 18.4 Å². The highest BCUT2D eigenvalue weighted by molar-refractivity contribution is 5.28. The van der Waals surface area contributed by atoms with E-state index >= 15 is 0 Å². The molecule has 0 bridgehead atoms. The smallest absolute Gasteiger partial charge is 0.119 e. The van der Waals surface area contributed by atoms with Crippen LogP contribution in [-0.4, -0.2) is 19.7 Å². The van der Waals surface area contributed by atoms with Gasteiger partial charge < -0.3 is 10.1 Å². The van der Waals surface area contributed by atoms with Crippen molar-refractivity contribution in [3.05, 3.63) is 29.8 Å². The summed E-state index contributed by atoms with van der Waals surface area (Å²) in [6.07, 6.45) is 4.69. The van der Waals surface area contributed by atoms with E-state index in [4.69, 9.17) is 4.74 Å². The van der Waals surface area contributed by atoms with Crippen LogP contribution in [0.15, 0.2) is 24.3 Å². The maximum Gasteiger partial charge on any atom is 0.119 e. The molecule has 0 heterocycles. The lowest BCUT2D eigenvalue weighted by atomic mass is 10.2. The van der Waals surface area contributed by atoms with Crippen LogP contribution in [0.1, 0.15) is 38.7 Å². The van der Waals surface area contributed by atoms with Crippen molar-refractivity contribution >= 4 is 0 Å². The third kappa shape index (κ3) is 6.32. The van der Waals surface area contributed by atoms with Crippen LogP contribution >= 0.6 is 0 Å². The fraction of sp³-hybridized carbons (Fsp3) is 0.600. The van der Waals surface area contributed by atoms with Gasteiger partial charge in [0.2, 0.25) is 0 Å². The second kappa shape index (κ2) is 9.06. The Morgan fingerprint density at radius 2 is 2.00 bits per heavy atom. The lowest BCUT2D eigenvalue weighted by molar-refractivity contribution is 0.304. The molecule has 1 aromatic rings. The first-order chi connectivity index (χ1) is 8.36. The molecule has 0 aliphatic heterocycles. The average Bonchev–Trinajstić information content (AvgIpc) is 2.38. The van der Waals surface area contributed by atoms with Crippen molar-refractivity contribution in [3.8, 4) is 5.75 Å². The van der Waals surface area contributed by atoms with Crippen molar-refractivity contribution in [2.45, 2.75) is 39.5 Å². The van der Waals surface area contributed by atoms with Gasteiger partial charge in [-0.2, -0.15) is 0 Å². The number of hydrogen-bond acceptors (Lipinski definition) is 2. The third-order valence-corrected chi connectivity index (χ3v) is 2.82. The molecule has 2 nitrogen and oxygen atoms in total. The van der Waals surface area contributed by atoms with Crippen molar-refractivity contribution in [2.24, 2.45) is 0 Å². The Kier molecular flexibility index (Phi) is 7.48. The van der Waals surface area contributed by atoms with Crippen LogP contribution in [0.25, 0.3) is 0 Å². The van der Waals surface area contributed by atoms with Gasteiger partial charge >= 0.3 is 0 Å². The Bertz CT molecular complexity index is 299. The van der Waals surface area contributed by atoms with Gasteiger partial charge in [0.15, 0.2) is 0 Å². The second-order valence-electron chi connectivity index (χ2n) is 4.26. The highest BCUT2D eigenvalue weighted by atomic mass is 16.5. The molecule has 0 aliphatic carbocycles. The molecule has 1 N–H and O–H groups in total. The molecule has 0 spiro atoms. The first kappa shape index (κ1) is 14.0. The molecular formula is C15H25NO. The first-order valence-electron chi connectivity index (χ1n) is 6.79. The Morgan fingerprint density at radius 3 is 2.76 bits per heavy atom. The molecule has 0 saturated carbocycles. The predicted octanol–water partition coefficient (Wildman–Crippen LogP) is 3.41. The van der Waals surface area contributed by atoms with Gasteiger partial charge in [-0.1, -0.05) is 26.0 Å². The highest BCUT2D eigenvalue weighted by Gasteiger charge is 1.95. The molecule has 0 aliphatic rings. The predicted molar refractivity (Wildman–Crippen MR) is 73.7 cm³/mol. The average molecular weight is 235 g/mol. The third-order valence-electron chi connectivity index (χ3n) is 2.82. The summed E-state index contributed by atoms with van der Waals surface area (Å²) in [6, 6.07) is 8.39. The van der Waals surface area contributed by atoms with Crippen LogP contribution in [-0.2, 0) is 6.42 Å². The zero-order chi connectivity index (χ0) is 12.3. The van der Waals surface area contributed by atoms with Crippen molar-refractivity contribution in [1.29, 1.82) is 0 Å². The molecule has 0 aromatic heterocycles. The van der Waals surface area contributed by atoms with Crippen LogP contribution in [0, 0.1) is 0 Å². The van der Waals surface area contributed by atoms with Gasteiger partial charge in [-0.15, -0.1) is 0 Å². The zero-order valence-electron chi connectivity index (χ0n) is 11.2. The lowest BCUT2D eigenvalue weighted by Gasteiger charge is -2.07. The van der Waals surface area contributed by atoms with E-state index < -0.39 is 0 Å². The highest BCUT2D eigenvalue weighted by Crippen LogP contribution is 2.14. The zero-order valence-corrected chi connectivity index (χ0v) is 11.2. The van der Waals surface area contributed by atoms with Gasteiger partial charge in [-0.3, -0.25) is 0 Å². The summed E-state index contributed by atoms with van der Waals surface area (Å²) >= 11 is 0. The SMILES string of the molecule is CCNCCCCCOc1cccc(CC)c1. The van der Waals surface area contributed by atoms with E-state index in [1.807, 2.05) is 6.07 Å². The summed E-state index contributed by atoms with van der Waals surface area (Å²) in [5.74, 6) is 1.01. The van der Waals surface area contributed by atoms with E-state index in [2.05, 4.69) is 37.4 Å². The van der Waals surface area contributed by atoms with E-state index in [-0.39, 0.29) is 0 Å². The lowest BCUT2D eigenvalue weighted by Crippen LogP contribution is -2.14. The number of rotatable bonds is 9. The number of aryl methyl sites for hydroxylation is 1. The minimum absolute atomic E-state index is 0.833. The number of unbranched alkanes of at least 4 members (excludes halogenated alkanes) is 2. The molecule has 0 amide bonds. The van der Waals surface area contributed by atoms with E-state index in [0.29, 0.717) is 0 Å². The Balaban J connectivity index is 2.09. The molecule has 0 radical (unpaired) electrons. The normalized spacial score (nSPS) is 10.5. The van der Waals surface area contributed by atoms with E-state index in [9.17, 15) is 0 Å². The van der Waals surface area contributed by atoms with E-state index in [1.54, 1.807) is 0 Å². The standard InChI is InChI=1S/C15H25NO/c1-3-14-9-8-10-15(13-14)17-12-7-5-6-11-16-4-2/h8-10,13,16H,3-7,11-12H2,1-2H3. The molecule has 0 saturated heterocycles. The summed E-state index contributed by atoms with van der Waals surface area (Å²) < 4.78 is 5.73. The molecular weight excluding hydrogens is 210 g/mol. The summed E-state index contributed by atoms with van der Waals surface area (Å²) in [5, 5.41) is 3.33. The summed E-state index contributed by atoms with van der Waals surface area (Å²) in [4.78, 5) is 0. The summed E-state index contributed by atoms with van der Waals surface area (Å²) in [6.45, 7) is 7.34. The van der Waals surface area contributed by atoms with Crippen molar-refractivity contribution < 1.29 is 4.74 Å². The van der Waals surface area contributed by atoms with Gasteiger partial charge in [0.1, 0.15) is 5.75 Å². The number of nitrogens with one attached hydrogen (secondary N) is 1. The summed E-state index contributed by atoms with van der Waals surface area (Å²) in [5.41, 5.74) is 1.34. The number of ether oxygens (including phenoxy) is 1. The van der Waals surface area contributed by atoms with Crippen LogP contribution < -0.4 is 10.1 Å². The fourth-order valence-corrected chi connectivity index (χ4v) is 1.75. The van der Waals surface area contributed by atoms with Crippen LogP contribution in [0.2, 0.25) is 0 Å². The number of benzene rings is 1. The quantitative estimate of drug-likeness (QED) is 0.662. The van der Waals surface area contributed by atoms with Crippen LogP contribution in [0.5, 0.6) is 5.75 Å². The number of hydrogen-bond donors (Lipinski definition) is 1. The van der Waals surface area contributed by atoms with Crippen LogP contribution in [0.4, 0.5) is 0 Å². The maximum atomic E-state index is 5.73. The topological polar surface area (TPSA) is 21.3 Å². The second-order valence-corrected chi connectivity index (χ2v) is 4.26. The molecule has 17 heavy (non-hydrogen) atoms. The van der Waals surface area contributed by atoms with Gasteiger partial charge in [0.25, 0.3) is 0 Å². The fourth-order valence-electron chi connectivity index (χ4n) is 1.75. The molecule has 0 atom stereocenters. The molecule has 1 rings (SSSR count). The van der Waals surface area contributed by atoms with Gasteiger partial charge in [-0.25, -0.2) is 0 Å². The molecule has 0 fully saturated rings. The van der Waals surface area contributed by atoms with Gasteiger partial charge in [0, 0.05) is 0 Å². The van der Waals surface area contributed by atoms with Crippen LogP contribution in [0.3, 0.4) is 0 Å². The van der Waals surface area contributed by atoms with Gasteiger partial charge in [0.05, 0.1) is 6.61 Å². The molecule has 96 valence electrons. The monoisotopic (exact) mass is 235 g/mol. The van der Waals surface area contributed by atoms with Crippen molar-refractivity contribution in [1.82, 2.24) is 5.32 Å². The van der Waals surface area contributed by atoms with Crippen molar-refractivity contribution in [2.75, 3.05) is 19.7 Å². The molecule has 2 heteroatoms. The largest absolute Gasteiger partial charge is 0.494 e. The molecule has 1 aromatic carbocycles. The Hall–Kier alpha value is -1.02. The summed E-state index contributed by atoms with van der Waals surface area (Å²) in [7, 11) is 0. The molecule has 0 unspecified atom stereocenters. The van der Waals surface area contributed by atoms with Crippen molar-refractivity contribution in [3.63, 3.8) is 0 Å². The maximum absolute atomic E-state index is 5.73. The minimum Gasteiger partial charge on any atom is -0.494 e. The first-order valence-corrected chi connectivity index (χ1v) is 6.79. The van der Waals surface area contributed by atoms with E-state index in [0.717, 1.165) is 38.3 Å². The Labute approximate surface area is 105 Å². The Morgan fingerprint density at radius 1 is 1.12 bits per heavy atom.